The molecule has 1 N–H and O–H groups in total. The highest BCUT2D eigenvalue weighted by atomic mass is 35.5. The van der Waals surface area contributed by atoms with Gasteiger partial charge in [0.1, 0.15) is 5.75 Å². The fourth-order valence-corrected chi connectivity index (χ4v) is 4.45. The Labute approximate surface area is 141 Å². The first kappa shape index (κ1) is 16.1. The minimum atomic E-state index is -3.64. The van der Waals surface area contributed by atoms with Crippen LogP contribution in [-0.4, -0.2) is 15.5 Å². The molecule has 0 amide bonds. The van der Waals surface area contributed by atoms with E-state index in [9.17, 15) is 8.42 Å². The van der Waals surface area contributed by atoms with E-state index in [4.69, 9.17) is 16.3 Å². The van der Waals surface area contributed by atoms with Crippen molar-refractivity contribution in [1.29, 1.82) is 0 Å². The van der Waals surface area contributed by atoms with Crippen molar-refractivity contribution in [1.82, 2.24) is 0 Å². The third kappa shape index (κ3) is 3.31. The van der Waals surface area contributed by atoms with Crippen LogP contribution in [0, 0.1) is 0 Å². The lowest BCUT2D eigenvalue weighted by molar-refractivity contribution is 0.405. The molecule has 0 bridgehead atoms. The van der Waals surface area contributed by atoms with Gasteiger partial charge in [-0.05, 0) is 73.2 Å². The fourth-order valence-electron chi connectivity index (χ4n) is 2.97. The van der Waals surface area contributed by atoms with Crippen molar-refractivity contribution >= 4 is 27.3 Å². The summed E-state index contributed by atoms with van der Waals surface area (Å²) >= 11 is 5.84. The van der Waals surface area contributed by atoms with Crippen molar-refractivity contribution in [2.24, 2.45) is 0 Å². The first-order valence-electron chi connectivity index (χ1n) is 7.48. The van der Waals surface area contributed by atoms with E-state index >= 15 is 0 Å². The van der Waals surface area contributed by atoms with Crippen LogP contribution in [0.4, 0.5) is 5.69 Å². The van der Waals surface area contributed by atoms with Crippen LogP contribution in [0.15, 0.2) is 41.3 Å². The topological polar surface area (TPSA) is 55.4 Å². The van der Waals surface area contributed by atoms with E-state index in [0.717, 1.165) is 42.6 Å². The largest absolute Gasteiger partial charge is 0.496 e. The molecule has 2 aromatic carbocycles. The highest BCUT2D eigenvalue weighted by Gasteiger charge is 2.25. The van der Waals surface area contributed by atoms with Crippen LogP contribution in [0.5, 0.6) is 5.75 Å². The predicted molar refractivity (Wildman–Crippen MR) is 91.9 cm³/mol. The Morgan fingerprint density at radius 2 is 1.65 bits per heavy atom. The quantitative estimate of drug-likeness (QED) is 0.904. The number of benzene rings is 2. The molecule has 0 radical (unpaired) electrons. The van der Waals surface area contributed by atoms with E-state index < -0.39 is 10.0 Å². The zero-order valence-electron chi connectivity index (χ0n) is 12.8. The van der Waals surface area contributed by atoms with Crippen LogP contribution in [-0.2, 0) is 22.9 Å². The Morgan fingerprint density at radius 1 is 1.00 bits per heavy atom. The summed E-state index contributed by atoms with van der Waals surface area (Å²) in [6.07, 6.45) is 3.65. The average molecular weight is 352 g/mol. The molecule has 0 saturated heterocycles. The van der Waals surface area contributed by atoms with E-state index in [1.165, 1.54) is 0 Å². The second-order valence-corrected chi connectivity index (χ2v) is 7.63. The number of nitrogens with one attached hydrogen (secondary N) is 1. The molecule has 3 rings (SSSR count). The second kappa shape index (κ2) is 6.42. The van der Waals surface area contributed by atoms with Gasteiger partial charge in [-0.25, -0.2) is 8.42 Å². The zero-order chi connectivity index (χ0) is 16.4. The fraction of sp³-hybridized carbons (Fsp3) is 0.294. The number of hydrogen-bond donors (Lipinski definition) is 1. The van der Waals surface area contributed by atoms with Gasteiger partial charge in [-0.2, -0.15) is 0 Å². The first-order valence-corrected chi connectivity index (χ1v) is 9.34. The van der Waals surface area contributed by atoms with Gasteiger partial charge in [0.25, 0.3) is 10.0 Å². The third-order valence-electron chi connectivity index (χ3n) is 4.05. The van der Waals surface area contributed by atoms with Crippen molar-refractivity contribution in [3.05, 3.63) is 52.5 Å². The number of hydrogen-bond acceptors (Lipinski definition) is 3. The monoisotopic (exact) mass is 351 g/mol. The van der Waals surface area contributed by atoms with Gasteiger partial charge in [0, 0.05) is 10.7 Å². The molecule has 0 atom stereocenters. The number of ether oxygens (including phenoxy) is 1. The normalized spacial score (nSPS) is 14.2. The Balaban J connectivity index is 2.01. The summed E-state index contributed by atoms with van der Waals surface area (Å²) < 4.78 is 33.6. The lowest BCUT2D eigenvalue weighted by atomic mass is 9.91. The summed E-state index contributed by atoms with van der Waals surface area (Å²) in [4.78, 5) is 0.336. The van der Waals surface area contributed by atoms with Gasteiger partial charge in [0.15, 0.2) is 0 Å². The maximum absolute atomic E-state index is 12.8. The highest BCUT2D eigenvalue weighted by molar-refractivity contribution is 7.92. The lowest BCUT2D eigenvalue weighted by Gasteiger charge is -2.22. The minimum absolute atomic E-state index is 0.336. The van der Waals surface area contributed by atoms with Gasteiger partial charge < -0.3 is 4.74 Å². The van der Waals surface area contributed by atoms with Crippen molar-refractivity contribution < 1.29 is 13.2 Å². The molecular weight excluding hydrogens is 334 g/mol. The third-order valence-corrected chi connectivity index (χ3v) is 5.77. The number of anilines is 1. The molecule has 0 heterocycles. The molecule has 0 unspecified atom stereocenters. The van der Waals surface area contributed by atoms with E-state index in [1.807, 2.05) is 0 Å². The van der Waals surface area contributed by atoms with Crippen molar-refractivity contribution in [3.63, 3.8) is 0 Å². The zero-order valence-corrected chi connectivity index (χ0v) is 14.4. The van der Waals surface area contributed by atoms with Crippen LogP contribution in [0.2, 0.25) is 5.02 Å². The molecular formula is C17H18ClNO3S. The molecule has 1 aliphatic carbocycles. The Morgan fingerprint density at radius 3 is 2.30 bits per heavy atom. The molecule has 0 aliphatic heterocycles. The van der Waals surface area contributed by atoms with Crippen LogP contribution >= 0.6 is 11.6 Å². The number of halogens is 1. The average Bonchev–Trinajstić information content (AvgIpc) is 2.55. The van der Waals surface area contributed by atoms with Crippen molar-refractivity contribution in [3.8, 4) is 5.75 Å². The molecule has 0 aromatic heterocycles. The standard InChI is InChI=1S/C17H18ClNO3S/c1-22-16-10-11-17(15-5-3-2-4-14(15)16)23(20,21)19-13-8-6-12(18)7-9-13/h6-11,19H,2-5H2,1H3. The van der Waals surface area contributed by atoms with E-state index in [2.05, 4.69) is 4.72 Å². The van der Waals surface area contributed by atoms with Gasteiger partial charge >= 0.3 is 0 Å². The molecule has 6 heteroatoms. The number of sulfonamides is 1. The van der Waals surface area contributed by atoms with Crippen molar-refractivity contribution in [2.45, 2.75) is 30.6 Å². The molecule has 122 valence electrons. The second-order valence-electron chi connectivity index (χ2n) is 5.54. The van der Waals surface area contributed by atoms with Crippen LogP contribution in [0.1, 0.15) is 24.0 Å². The highest BCUT2D eigenvalue weighted by Crippen LogP contribution is 2.34. The molecule has 1 aliphatic rings. The number of rotatable bonds is 4. The minimum Gasteiger partial charge on any atom is -0.496 e. The molecule has 0 spiro atoms. The van der Waals surface area contributed by atoms with Gasteiger partial charge in [-0.15, -0.1) is 0 Å². The van der Waals surface area contributed by atoms with E-state index in [0.29, 0.717) is 15.6 Å². The predicted octanol–water partition coefficient (Wildman–Crippen LogP) is 4.03. The maximum Gasteiger partial charge on any atom is 0.262 e. The molecule has 0 fully saturated rings. The molecule has 23 heavy (non-hydrogen) atoms. The van der Waals surface area contributed by atoms with Gasteiger partial charge in [-0.3, -0.25) is 4.72 Å². The summed E-state index contributed by atoms with van der Waals surface area (Å²) in [5.74, 6) is 0.769. The van der Waals surface area contributed by atoms with E-state index in [1.54, 1.807) is 43.5 Å². The van der Waals surface area contributed by atoms with Gasteiger partial charge in [0.2, 0.25) is 0 Å². The Kier molecular flexibility index (Phi) is 4.50. The van der Waals surface area contributed by atoms with Crippen LogP contribution in [0.25, 0.3) is 0 Å². The van der Waals surface area contributed by atoms with Gasteiger partial charge in [0.05, 0.1) is 12.0 Å². The Hall–Kier alpha value is -1.72. The lowest BCUT2D eigenvalue weighted by Crippen LogP contribution is -2.18. The van der Waals surface area contributed by atoms with Crippen LogP contribution in [0.3, 0.4) is 0 Å². The molecule has 0 saturated carbocycles. The van der Waals surface area contributed by atoms with Crippen molar-refractivity contribution in [2.75, 3.05) is 11.8 Å². The van der Waals surface area contributed by atoms with E-state index in [-0.39, 0.29) is 0 Å². The summed E-state index contributed by atoms with van der Waals surface area (Å²) in [5.41, 5.74) is 2.38. The maximum atomic E-state index is 12.8. The molecule has 4 nitrogen and oxygen atoms in total. The van der Waals surface area contributed by atoms with Gasteiger partial charge in [-0.1, -0.05) is 11.6 Å². The number of fused-ring (bicyclic) bond motifs is 1. The first-order chi connectivity index (χ1) is 11.0. The number of methoxy groups -OCH3 is 1. The summed E-state index contributed by atoms with van der Waals surface area (Å²) in [6.45, 7) is 0. The SMILES string of the molecule is COc1ccc(S(=O)(=O)Nc2ccc(Cl)cc2)c2c1CCCC2. The Bertz CT molecular complexity index is 816. The summed E-state index contributed by atoms with van der Waals surface area (Å²) in [6, 6.07) is 9.97. The smallest absolute Gasteiger partial charge is 0.262 e. The summed E-state index contributed by atoms with van der Waals surface area (Å²) in [5, 5.41) is 0.565. The summed E-state index contributed by atoms with van der Waals surface area (Å²) in [7, 11) is -2.03. The molecule has 2 aromatic rings. The van der Waals surface area contributed by atoms with Crippen LogP contribution < -0.4 is 9.46 Å².